The van der Waals surface area contributed by atoms with Crippen LogP contribution in [0, 0.1) is 0 Å². The van der Waals surface area contributed by atoms with Gasteiger partial charge in [-0.2, -0.15) is 0 Å². The summed E-state index contributed by atoms with van der Waals surface area (Å²) in [6, 6.07) is 0.649. The molecule has 0 bridgehead atoms. The Balaban J connectivity index is 0.00000288. The number of guanidine groups is 1. The van der Waals surface area contributed by atoms with Gasteiger partial charge >= 0.3 is 0 Å². The number of nitrogens with zero attached hydrogens (tertiary/aromatic N) is 2. The molecule has 0 saturated carbocycles. The van der Waals surface area contributed by atoms with Crippen LogP contribution in [0.15, 0.2) is 4.99 Å². The zero-order valence-electron chi connectivity index (χ0n) is 15.3. The van der Waals surface area contributed by atoms with Crippen molar-refractivity contribution in [1.29, 1.82) is 0 Å². The van der Waals surface area contributed by atoms with E-state index < -0.39 is 0 Å². The van der Waals surface area contributed by atoms with Gasteiger partial charge < -0.3 is 20.1 Å². The molecule has 2 aliphatic heterocycles. The van der Waals surface area contributed by atoms with Crippen LogP contribution >= 0.6 is 24.0 Å². The highest BCUT2D eigenvalue weighted by Crippen LogP contribution is 2.15. The number of ether oxygens (including phenoxy) is 2. The highest BCUT2D eigenvalue weighted by atomic mass is 127. The van der Waals surface area contributed by atoms with Gasteiger partial charge in [0.05, 0.1) is 6.10 Å². The Morgan fingerprint density at radius 1 is 1.25 bits per heavy atom. The highest BCUT2D eigenvalue weighted by Gasteiger charge is 2.22. The van der Waals surface area contributed by atoms with E-state index in [9.17, 15) is 0 Å². The van der Waals surface area contributed by atoms with E-state index in [2.05, 4.69) is 27.4 Å². The third-order valence-corrected chi connectivity index (χ3v) is 4.77. The van der Waals surface area contributed by atoms with E-state index in [4.69, 9.17) is 9.47 Å². The van der Waals surface area contributed by atoms with E-state index in [1.54, 1.807) is 0 Å². The van der Waals surface area contributed by atoms with E-state index in [1.165, 1.54) is 19.4 Å². The molecule has 142 valence electrons. The number of rotatable bonds is 8. The molecule has 6 nitrogen and oxygen atoms in total. The van der Waals surface area contributed by atoms with Gasteiger partial charge in [-0.05, 0) is 45.2 Å². The molecule has 2 fully saturated rings. The Labute approximate surface area is 164 Å². The maximum Gasteiger partial charge on any atom is 0.191 e. The summed E-state index contributed by atoms with van der Waals surface area (Å²) < 4.78 is 11.2. The maximum absolute atomic E-state index is 5.88. The number of hydrogen-bond acceptors (Lipinski definition) is 4. The fraction of sp³-hybridized carbons (Fsp3) is 0.941. The maximum atomic E-state index is 5.88. The van der Waals surface area contributed by atoms with Crippen molar-refractivity contribution in [2.75, 3.05) is 53.0 Å². The van der Waals surface area contributed by atoms with Crippen LogP contribution in [-0.4, -0.2) is 76.1 Å². The normalized spacial score (nSPS) is 23.1. The van der Waals surface area contributed by atoms with Crippen molar-refractivity contribution < 1.29 is 9.47 Å². The number of halogens is 1. The van der Waals surface area contributed by atoms with Crippen molar-refractivity contribution in [3.8, 4) is 0 Å². The zero-order valence-corrected chi connectivity index (χ0v) is 17.6. The van der Waals surface area contributed by atoms with Crippen LogP contribution in [0.5, 0.6) is 0 Å². The molecule has 2 aliphatic rings. The topological polar surface area (TPSA) is 58.1 Å². The van der Waals surface area contributed by atoms with E-state index in [1.807, 2.05) is 7.05 Å². The summed E-state index contributed by atoms with van der Waals surface area (Å²) in [5.74, 6) is 0.902. The molecular weight excluding hydrogens is 419 g/mol. The average molecular weight is 454 g/mol. The Kier molecular flexibility index (Phi) is 12.0. The molecule has 24 heavy (non-hydrogen) atoms. The minimum atomic E-state index is 0. The lowest BCUT2D eigenvalue weighted by Gasteiger charge is -2.24. The van der Waals surface area contributed by atoms with Gasteiger partial charge in [-0.1, -0.05) is 6.92 Å². The van der Waals surface area contributed by atoms with Crippen molar-refractivity contribution in [1.82, 2.24) is 15.5 Å². The molecule has 1 unspecified atom stereocenters. The second kappa shape index (κ2) is 13.1. The molecule has 0 aromatic carbocycles. The van der Waals surface area contributed by atoms with Gasteiger partial charge in [-0.25, -0.2) is 0 Å². The van der Waals surface area contributed by atoms with Crippen LogP contribution in [0.2, 0.25) is 0 Å². The summed E-state index contributed by atoms with van der Waals surface area (Å²) in [4.78, 5) is 6.85. The SMILES string of the molecule is CCN1CCCC1CNC(=NC)NCCCOC1CCOCC1.I. The second-order valence-electron chi connectivity index (χ2n) is 6.34. The van der Waals surface area contributed by atoms with Crippen LogP contribution in [0.1, 0.15) is 39.0 Å². The van der Waals surface area contributed by atoms with Crippen LogP contribution in [0.3, 0.4) is 0 Å². The monoisotopic (exact) mass is 454 g/mol. The predicted octanol–water partition coefficient (Wildman–Crippen LogP) is 1.84. The Morgan fingerprint density at radius 2 is 2.04 bits per heavy atom. The van der Waals surface area contributed by atoms with Crippen molar-refractivity contribution in [3.05, 3.63) is 0 Å². The summed E-state index contributed by atoms with van der Waals surface area (Å²) in [6.07, 6.45) is 6.07. The van der Waals surface area contributed by atoms with E-state index >= 15 is 0 Å². The van der Waals surface area contributed by atoms with Crippen LogP contribution < -0.4 is 10.6 Å². The Bertz CT molecular complexity index is 351. The average Bonchev–Trinajstić information content (AvgIpc) is 3.06. The molecule has 0 aliphatic carbocycles. The molecule has 7 heteroatoms. The number of nitrogens with one attached hydrogen (secondary N) is 2. The standard InChI is InChI=1S/C17H34N4O2.HI/c1-3-21-10-4-6-15(21)14-20-17(18-2)19-9-5-11-23-16-7-12-22-13-8-16;/h15-16H,3-14H2,1-2H3,(H2,18,19,20);1H. The van der Waals surface area contributed by atoms with E-state index in [-0.39, 0.29) is 24.0 Å². The molecule has 2 rings (SSSR count). The number of likely N-dealkylation sites (tertiary alicyclic amines) is 1. The first-order chi connectivity index (χ1) is 11.3. The summed E-state index contributed by atoms with van der Waals surface area (Å²) in [7, 11) is 1.83. The molecule has 0 aromatic heterocycles. The first-order valence-electron chi connectivity index (χ1n) is 9.21. The third kappa shape index (κ3) is 7.84. The quantitative estimate of drug-likeness (QED) is 0.254. The van der Waals surface area contributed by atoms with Gasteiger partial charge in [0, 0.05) is 46.0 Å². The lowest BCUT2D eigenvalue weighted by molar-refractivity contribution is -0.0320. The van der Waals surface area contributed by atoms with Crippen molar-refractivity contribution in [2.45, 2.75) is 51.2 Å². The number of likely N-dealkylation sites (N-methyl/N-ethyl adjacent to an activating group) is 1. The smallest absolute Gasteiger partial charge is 0.191 e. The van der Waals surface area contributed by atoms with Gasteiger partial charge in [0.1, 0.15) is 0 Å². The highest BCUT2D eigenvalue weighted by molar-refractivity contribution is 14.0. The molecule has 1 atom stereocenters. The lowest BCUT2D eigenvalue weighted by Crippen LogP contribution is -2.45. The van der Waals surface area contributed by atoms with Crippen LogP contribution in [0.4, 0.5) is 0 Å². The molecule has 0 spiro atoms. The second-order valence-corrected chi connectivity index (χ2v) is 6.34. The molecule has 0 amide bonds. The van der Waals surface area contributed by atoms with Crippen molar-refractivity contribution >= 4 is 29.9 Å². The fourth-order valence-corrected chi connectivity index (χ4v) is 3.35. The molecule has 2 N–H and O–H groups in total. The van der Waals surface area contributed by atoms with Gasteiger partial charge in [-0.15, -0.1) is 24.0 Å². The van der Waals surface area contributed by atoms with Gasteiger partial charge in [0.15, 0.2) is 5.96 Å². The fourth-order valence-electron chi connectivity index (χ4n) is 3.35. The molecule has 2 heterocycles. The zero-order chi connectivity index (χ0) is 16.3. The van der Waals surface area contributed by atoms with Crippen LogP contribution in [0.25, 0.3) is 0 Å². The molecule has 2 saturated heterocycles. The minimum Gasteiger partial charge on any atom is -0.381 e. The first-order valence-corrected chi connectivity index (χ1v) is 9.21. The Hall–Kier alpha value is -0.120. The van der Waals surface area contributed by atoms with Crippen molar-refractivity contribution in [3.63, 3.8) is 0 Å². The van der Waals surface area contributed by atoms with Gasteiger partial charge in [0.2, 0.25) is 0 Å². The van der Waals surface area contributed by atoms with Gasteiger partial charge in [0.25, 0.3) is 0 Å². The van der Waals surface area contributed by atoms with E-state index in [0.29, 0.717) is 12.1 Å². The third-order valence-electron chi connectivity index (χ3n) is 4.77. The predicted molar refractivity (Wildman–Crippen MR) is 109 cm³/mol. The Morgan fingerprint density at radius 3 is 2.75 bits per heavy atom. The molecule has 0 aromatic rings. The van der Waals surface area contributed by atoms with Gasteiger partial charge in [-0.3, -0.25) is 9.89 Å². The summed E-state index contributed by atoms with van der Waals surface area (Å²) >= 11 is 0. The largest absolute Gasteiger partial charge is 0.381 e. The summed E-state index contributed by atoms with van der Waals surface area (Å²) in [5.41, 5.74) is 0. The molecule has 0 radical (unpaired) electrons. The van der Waals surface area contributed by atoms with Crippen LogP contribution in [-0.2, 0) is 9.47 Å². The summed E-state index contributed by atoms with van der Waals surface area (Å²) in [5, 5.41) is 6.84. The number of aliphatic imine (C=N–C) groups is 1. The minimum absolute atomic E-state index is 0. The van der Waals surface area contributed by atoms with Crippen molar-refractivity contribution in [2.24, 2.45) is 4.99 Å². The van der Waals surface area contributed by atoms with E-state index in [0.717, 1.165) is 64.7 Å². The number of hydrogen-bond donors (Lipinski definition) is 2. The summed E-state index contributed by atoms with van der Waals surface area (Å²) in [6.45, 7) is 8.98. The molecular formula is C17H35IN4O2. The first kappa shape index (κ1) is 21.9. The lowest BCUT2D eigenvalue weighted by atomic mass is 10.1.